The molecule has 8 heteroatoms. The Labute approximate surface area is 253 Å². The van der Waals surface area contributed by atoms with Crippen LogP contribution in [0.25, 0.3) is 0 Å². The number of nitrogens with zero attached hydrogens (tertiary/aromatic N) is 1. The van der Waals surface area contributed by atoms with Crippen molar-refractivity contribution in [2.75, 3.05) is 13.2 Å². The van der Waals surface area contributed by atoms with Crippen LogP contribution in [0.3, 0.4) is 0 Å². The van der Waals surface area contributed by atoms with Crippen molar-refractivity contribution < 1.29 is 28.2 Å². The lowest BCUT2D eigenvalue weighted by Crippen LogP contribution is -2.69. The summed E-state index contributed by atoms with van der Waals surface area (Å²) in [6, 6.07) is 20.8. The Kier molecular flexibility index (Phi) is 9.72. The minimum atomic E-state index is -2.93. The summed E-state index contributed by atoms with van der Waals surface area (Å²) in [4.78, 5) is 27.6. The number of hydrogen-bond donors (Lipinski definition) is 0. The van der Waals surface area contributed by atoms with Crippen LogP contribution >= 0.6 is 0 Å². The van der Waals surface area contributed by atoms with Gasteiger partial charge in [-0.15, -0.1) is 0 Å². The van der Waals surface area contributed by atoms with Crippen molar-refractivity contribution in [1.29, 1.82) is 0 Å². The Balaban J connectivity index is 1.73. The molecule has 0 N–H and O–H groups in total. The quantitative estimate of drug-likeness (QED) is 0.326. The van der Waals surface area contributed by atoms with Crippen LogP contribution in [0, 0.1) is 17.8 Å². The number of imide groups is 1. The topological polar surface area (TPSA) is 74.3 Å². The molecule has 2 saturated heterocycles. The third kappa shape index (κ3) is 6.52. The summed E-state index contributed by atoms with van der Waals surface area (Å²) < 4.78 is 25.4. The van der Waals surface area contributed by atoms with E-state index >= 15 is 0 Å². The van der Waals surface area contributed by atoms with Crippen LogP contribution in [0.4, 0.5) is 4.79 Å². The standard InChI is InChI=1S/C34H49NO6Si/c1-23(2)28-21-38-32(37)35(28)31(36)25(4)20-24(3)30(29-22-39-34(8,9)40-29)41-42(33(5,6)7,26-16-12-10-13-17-26)27-18-14-11-15-19-27/h10-19,23-25,28-30H,20-22H2,1-9H3/t24-,25+,28+,29+,30-/m0/s1. The highest BCUT2D eigenvalue weighted by atomic mass is 28.4. The van der Waals surface area contributed by atoms with E-state index < -0.39 is 26.1 Å². The van der Waals surface area contributed by atoms with E-state index in [9.17, 15) is 9.59 Å². The number of carbonyl (C=O) groups excluding carboxylic acids is 2. The van der Waals surface area contributed by atoms with Crippen LogP contribution < -0.4 is 10.4 Å². The highest BCUT2D eigenvalue weighted by molar-refractivity contribution is 6.99. The molecule has 5 atom stereocenters. The molecular formula is C34H49NO6Si. The van der Waals surface area contributed by atoms with Gasteiger partial charge >= 0.3 is 6.09 Å². The van der Waals surface area contributed by atoms with E-state index in [-0.39, 0.29) is 47.6 Å². The molecule has 0 aromatic heterocycles. The summed E-state index contributed by atoms with van der Waals surface area (Å²) in [5.41, 5.74) is 0. The molecule has 2 heterocycles. The highest BCUT2D eigenvalue weighted by Gasteiger charge is 2.54. The van der Waals surface area contributed by atoms with Crippen LogP contribution in [-0.2, 0) is 23.4 Å². The van der Waals surface area contributed by atoms with Crippen LogP contribution in [0.5, 0.6) is 0 Å². The second-order valence-electron chi connectivity index (χ2n) is 13.8. The molecule has 2 aliphatic heterocycles. The van der Waals surface area contributed by atoms with E-state index in [4.69, 9.17) is 18.6 Å². The van der Waals surface area contributed by atoms with Gasteiger partial charge in [0.15, 0.2) is 5.79 Å². The zero-order valence-electron chi connectivity index (χ0n) is 26.8. The Morgan fingerprint density at radius 3 is 1.98 bits per heavy atom. The van der Waals surface area contributed by atoms with Crippen molar-refractivity contribution in [3.8, 4) is 0 Å². The van der Waals surface area contributed by atoms with E-state index in [1.807, 2.05) is 46.8 Å². The van der Waals surface area contributed by atoms with Gasteiger partial charge in [0.25, 0.3) is 8.32 Å². The molecule has 42 heavy (non-hydrogen) atoms. The van der Waals surface area contributed by atoms with E-state index in [1.54, 1.807) is 0 Å². The van der Waals surface area contributed by atoms with Gasteiger partial charge in [-0.05, 0) is 47.5 Å². The van der Waals surface area contributed by atoms with Crippen molar-refractivity contribution >= 4 is 30.7 Å². The fraction of sp³-hybridized carbons (Fsp3) is 0.588. The van der Waals surface area contributed by atoms with Gasteiger partial charge in [0.2, 0.25) is 5.91 Å². The van der Waals surface area contributed by atoms with Gasteiger partial charge in [-0.25, -0.2) is 9.69 Å². The second kappa shape index (κ2) is 12.6. The molecular weight excluding hydrogens is 546 g/mol. The number of hydrogen-bond acceptors (Lipinski definition) is 6. The summed E-state index contributed by atoms with van der Waals surface area (Å²) >= 11 is 0. The summed E-state index contributed by atoms with van der Waals surface area (Å²) in [7, 11) is -2.93. The summed E-state index contributed by atoms with van der Waals surface area (Å²) in [6.07, 6.45) is -0.706. The molecule has 0 radical (unpaired) electrons. The zero-order chi connectivity index (χ0) is 30.9. The zero-order valence-corrected chi connectivity index (χ0v) is 27.8. The molecule has 7 nitrogen and oxygen atoms in total. The van der Waals surface area contributed by atoms with Crippen molar-refractivity contribution in [3.05, 3.63) is 60.7 Å². The maximum absolute atomic E-state index is 13.7. The molecule has 2 aromatic carbocycles. The average Bonchev–Trinajstić information content (AvgIpc) is 3.50. The molecule has 2 aliphatic rings. The molecule has 0 bridgehead atoms. The smallest absolute Gasteiger partial charge is 0.416 e. The monoisotopic (exact) mass is 595 g/mol. The molecule has 230 valence electrons. The normalized spacial score (nSPS) is 23.1. The van der Waals surface area contributed by atoms with E-state index in [2.05, 4.69) is 76.2 Å². The first-order chi connectivity index (χ1) is 19.7. The maximum atomic E-state index is 13.7. The minimum Gasteiger partial charge on any atom is -0.447 e. The van der Waals surface area contributed by atoms with Crippen LogP contribution in [0.1, 0.15) is 68.7 Å². The van der Waals surface area contributed by atoms with E-state index in [1.165, 1.54) is 15.3 Å². The molecule has 2 fully saturated rings. The number of amides is 2. The van der Waals surface area contributed by atoms with Crippen molar-refractivity contribution in [2.45, 2.75) is 97.8 Å². The Hall–Kier alpha value is -2.52. The lowest BCUT2D eigenvalue weighted by molar-refractivity contribution is -0.154. The summed E-state index contributed by atoms with van der Waals surface area (Å²) in [5.74, 6) is -1.31. The van der Waals surface area contributed by atoms with Crippen LogP contribution in [0.2, 0.25) is 5.04 Å². The van der Waals surface area contributed by atoms with Gasteiger partial charge in [0, 0.05) is 5.92 Å². The number of ether oxygens (including phenoxy) is 3. The molecule has 2 aromatic rings. The van der Waals surface area contributed by atoms with Gasteiger partial charge in [0.1, 0.15) is 12.7 Å². The number of rotatable bonds is 10. The molecule has 0 saturated carbocycles. The Morgan fingerprint density at radius 2 is 1.52 bits per heavy atom. The second-order valence-corrected chi connectivity index (χ2v) is 18.1. The molecule has 0 spiro atoms. The third-order valence-corrected chi connectivity index (χ3v) is 13.8. The predicted molar refractivity (Wildman–Crippen MR) is 167 cm³/mol. The van der Waals surface area contributed by atoms with Crippen molar-refractivity contribution in [2.24, 2.45) is 17.8 Å². The van der Waals surface area contributed by atoms with E-state index in [0.29, 0.717) is 13.0 Å². The summed E-state index contributed by atoms with van der Waals surface area (Å²) in [5, 5.41) is 2.14. The highest BCUT2D eigenvalue weighted by Crippen LogP contribution is 2.41. The fourth-order valence-electron chi connectivity index (χ4n) is 6.54. The van der Waals surface area contributed by atoms with Gasteiger partial charge in [-0.2, -0.15) is 0 Å². The van der Waals surface area contributed by atoms with Crippen molar-refractivity contribution in [3.63, 3.8) is 0 Å². The fourth-order valence-corrected chi connectivity index (χ4v) is 11.3. The Morgan fingerprint density at radius 1 is 0.976 bits per heavy atom. The lowest BCUT2D eigenvalue weighted by atomic mass is 9.89. The minimum absolute atomic E-state index is 0.0794. The Bertz CT molecular complexity index is 1170. The molecule has 2 amide bonds. The predicted octanol–water partition coefficient (Wildman–Crippen LogP) is 5.75. The van der Waals surface area contributed by atoms with Gasteiger partial charge < -0.3 is 18.6 Å². The van der Waals surface area contributed by atoms with Crippen LogP contribution in [0.15, 0.2) is 60.7 Å². The summed E-state index contributed by atoms with van der Waals surface area (Å²) in [6.45, 7) is 19.3. The number of carbonyl (C=O) groups is 2. The third-order valence-electron chi connectivity index (χ3n) is 8.75. The van der Waals surface area contributed by atoms with Gasteiger partial charge in [-0.3, -0.25) is 4.79 Å². The largest absolute Gasteiger partial charge is 0.447 e. The first kappa shape index (κ1) is 32.4. The number of benzene rings is 2. The molecule has 4 rings (SSSR count). The van der Waals surface area contributed by atoms with Gasteiger partial charge in [-0.1, -0.05) is 109 Å². The average molecular weight is 596 g/mol. The first-order valence-electron chi connectivity index (χ1n) is 15.3. The van der Waals surface area contributed by atoms with Gasteiger partial charge in [0.05, 0.1) is 18.8 Å². The number of cyclic esters (lactones) is 1. The van der Waals surface area contributed by atoms with Crippen LogP contribution in [-0.4, -0.2) is 62.5 Å². The van der Waals surface area contributed by atoms with Crippen molar-refractivity contribution in [1.82, 2.24) is 4.90 Å². The molecule has 0 unspecified atom stereocenters. The maximum Gasteiger partial charge on any atom is 0.416 e. The SMILES string of the molecule is CC(C)[C@H]1COC(=O)N1C(=O)[C@H](C)C[C@H](C)[C@H](O[Si](c1ccccc1)(c1ccccc1)C(C)(C)C)[C@H]1COC(C)(C)O1. The molecule has 0 aliphatic carbocycles. The van der Waals surface area contributed by atoms with E-state index in [0.717, 1.165) is 0 Å². The lowest BCUT2D eigenvalue weighted by Gasteiger charge is -2.47. The first-order valence-corrected chi connectivity index (χ1v) is 17.2.